The van der Waals surface area contributed by atoms with Gasteiger partial charge < -0.3 is 9.84 Å². The summed E-state index contributed by atoms with van der Waals surface area (Å²) in [5.74, 6) is 3.87. The summed E-state index contributed by atoms with van der Waals surface area (Å²) in [4.78, 5) is 0. The molecular weight excluding hydrogens is 398 g/mol. The van der Waals surface area contributed by atoms with E-state index in [0.717, 1.165) is 49.3 Å². The summed E-state index contributed by atoms with van der Waals surface area (Å²) in [6, 6.07) is 8.29. The highest BCUT2D eigenvalue weighted by atomic mass is 16.5. The first-order valence-electron chi connectivity index (χ1n) is 12.6. The minimum Gasteiger partial charge on any atom is -0.497 e. The molecule has 1 aromatic heterocycles. The number of methoxy groups -OCH3 is 1. The SMILES string of the molecule is COc1ccc(Cn2nnc3c2C[C@@H]2CC[C@@H]4[C@H](CC[C@]5(C)[C@@H](O)CC[C@@H]45)[C@@]2(C)C3)cc1. The van der Waals surface area contributed by atoms with E-state index in [1.807, 2.05) is 12.1 Å². The van der Waals surface area contributed by atoms with Gasteiger partial charge in [0.1, 0.15) is 5.75 Å². The Morgan fingerprint density at radius 2 is 1.81 bits per heavy atom. The predicted molar refractivity (Wildman–Crippen MR) is 123 cm³/mol. The topological polar surface area (TPSA) is 60.2 Å². The monoisotopic (exact) mass is 435 g/mol. The van der Waals surface area contributed by atoms with Crippen LogP contribution in [0.15, 0.2) is 24.3 Å². The van der Waals surface area contributed by atoms with E-state index in [1.54, 1.807) is 7.11 Å². The molecule has 0 bridgehead atoms. The maximum Gasteiger partial charge on any atom is 0.118 e. The molecule has 2 aromatic rings. The summed E-state index contributed by atoms with van der Waals surface area (Å²) in [6.45, 7) is 5.72. The van der Waals surface area contributed by atoms with Crippen molar-refractivity contribution in [3.8, 4) is 5.75 Å². The molecule has 1 heterocycles. The van der Waals surface area contributed by atoms with E-state index in [2.05, 4.69) is 35.9 Å². The highest BCUT2D eigenvalue weighted by molar-refractivity contribution is 5.28. The molecule has 1 aromatic carbocycles. The van der Waals surface area contributed by atoms with Gasteiger partial charge in [0.25, 0.3) is 0 Å². The summed E-state index contributed by atoms with van der Waals surface area (Å²) in [7, 11) is 1.70. The molecule has 0 radical (unpaired) electrons. The van der Waals surface area contributed by atoms with E-state index < -0.39 is 0 Å². The lowest BCUT2D eigenvalue weighted by atomic mass is 9.45. The van der Waals surface area contributed by atoms with Gasteiger partial charge in [-0.1, -0.05) is 31.2 Å². The molecule has 0 aliphatic heterocycles. The number of aliphatic hydroxyl groups is 1. The molecule has 0 amide bonds. The van der Waals surface area contributed by atoms with Gasteiger partial charge in [-0.2, -0.15) is 0 Å². The third kappa shape index (κ3) is 2.92. The standard InChI is InChI=1S/C27H37N3O2/c1-26-13-12-22-20(21(26)10-11-25(26)31)9-6-18-14-24-23(15-27(18,22)2)28-29-30(24)16-17-4-7-19(32-3)8-5-17/h4-5,7-8,18,20-22,25,31H,6,9-16H2,1-3H3/t18-,20-,21-,22-,25-,26-,27-/m0/s1. The second-order valence-corrected chi connectivity index (χ2v) is 11.7. The second-order valence-electron chi connectivity index (χ2n) is 11.7. The summed E-state index contributed by atoms with van der Waals surface area (Å²) >= 11 is 0. The van der Waals surface area contributed by atoms with E-state index in [-0.39, 0.29) is 11.5 Å². The van der Waals surface area contributed by atoms with Crippen molar-refractivity contribution in [3.63, 3.8) is 0 Å². The van der Waals surface area contributed by atoms with Crippen LogP contribution in [-0.4, -0.2) is 33.3 Å². The smallest absolute Gasteiger partial charge is 0.118 e. The van der Waals surface area contributed by atoms with Crippen LogP contribution in [0.1, 0.15) is 69.3 Å². The number of rotatable bonds is 3. The first-order chi connectivity index (χ1) is 15.4. The molecule has 172 valence electrons. The van der Waals surface area contributed by atoms with Crippen LogP contribution < -0.4 is 4.74 Å². The van der Waals surface area contributed by atoms with E-state index in [9.17, 15) is 5.11 Å². The quantitative estimate of drug-likeness (QED) is 0.762. The van der Waals surface area contributed by atoms with Gasteiger partial charge in [0.15, 0.2) is 0 Å². The Balaban J connectivity index is 1.26. The Morgan fingerprint density at radius 3 is 2.59 bits per heavy atom. The number of ether oxygens (including phenoxy) is 1. The zero-order valence-electron chi connectivity index (χ0n) is 19.8. The van der Waals surface area contributed by atoms with Gasteiger partial charge in [0, 0.05) is 0 Å². The number of hydrogen-bond donors (Lipinski definition) is 1. The number of fused-ring (bicyclic) bond motifs is 6. The zero-order chi connectivity index (χ0) is 22.1. The molecule has 3 fully saturated rings. The van der Waals surface area contributed by atoms with Gasteiger partial charge in [-0.15, -0.1) is 5.10 Å². The van der Waals surface area contributed by atoms with Crippen molar-refractivity contribution < 1.29 is 9.84 Å². The van der Waals surface area contributed by atoms with Crippen LogP contribution in [0.4, 0.5) is 0 Å². The van der Waals surface area contributed by atoms with E-state index >= 15 is 0 Å². The first kappa shape index (κ1) is 20.7. The van der Waals surface area contributed by atoms with Gasteiger partial charge in [0.05, 0.1) is 31.1 Å². The molecule has 4 aliphatic carbocycles. The minimum absolute atomic E-state index is 0.0882. The van der Waals surface area contributed by atoms with E-state index in [1.165, 1.54) is 49.1 Å². The highest BCUT2D eigenvalue weighted by Gasteiger charge is 2.60. The molecule has 4 aliphatic rings. The first-order valence-corrected chi connectivity index (χ1v) is 12.6. The van der Waals surface area contributed by atoms with Crippen molar-refractivity contribution in [2.45, 2.75) is 77.9 Å². The lowest BCUT2D eigenvalue weighted by Gasteiger charge is -2.59. The molecule has 32 heavy (non-hydrogen) atoms. The van der Waals surface area contributed by atoms with Crippen molar-refractivity contribution in [2.75, 3.05) is 7.11 Å². The van der Waals surface area contributed by atoms with E-state index in [0.29, 0.717) is 11.3 Å². The van der Waals surface area contributed by atoms with Crippen molar-refractivity contribution in [3.05, 3.63) is 41.2 Å². The lowest BCUT2D eigenvalue weighted by Crippen LogP contribution is -2.54. The average Bonchev–Trinajstić information content (AvgIpc) is 3.32. The van der Waals surface area contributed by atoms with Crippen LogP contribution in [0.5, 0.6) is 5.75 Å². The highest BCUT2D eigenvalue weighted by Crippen LogP contribution is 2.65. The van der Waals surface area contributed by atoms with Crippen LogP contribution in [0.3, 0.4) is 0 Å². The third-order valence-corrected chi connectivity index (χ3v) is 10.4. The van der Waals surface area contributed by atoms with E-state index in [4.69, 9.17) is 9.84 Å². The van der Waals surface area contributed by atoms with Crippen molar-refractivity contribution in [2.24, 2.45) is 34.5 Å². The van der Waals surface area contributed by atoms with Crippen molar-refractivity contribution in [1.82, 2.24) is 15.0 Å². The molecule has 0 spiro atoms. The summed E-state index contributed by atoms with van der Waals surface area (Å²) < 4.78 is 7.44. The molecular formula is C27H37N3O2. The summed E-state index contributed by atoms with van der Waals surface area (Å²) in [6.07, 6.45) is 9.45. The molecule has 0 saturated heterocycles. The number of nitrogens with zero attached hydrogens (tertiary/aromatic N) is 3. The Morgan fingerprint density at radius 1 is 1.03 bits per heavy atom. The van der Waals surface area contributed by atoms with Crippen LogP contribution in [0.2, 0.25) is 0 Å². The van der Waals surface area contributed by atoms with Gasteiger partial charge in [-0.05, 0) is 104 Å². The maximum atomic E-state index is 10.7. The zero-order valence-corrected chi connectivity index (χ0v) is 19.8. The predicted octanol–water partition coefficient (Wildman–Crippen LogP) is 4.65. The van der Waals surface area contributed by atoms with Gasteiger partial charge in [-0.25, -0.2) is 4.68 Å². The van der Waals surface area contributed by atoms with Gasteiger partial charge in [-0.3, -0.25) is 0 Å². The maximum absolute atomic E-state index is 10.7. The summed E-state index contributed by atoms with van der Waals surface area (Å²) in [5, 5.41) is 20.0. The molecule has 0 unspecified atom stereocenters. The van der Waals surface area contributed by atoms with Gasteiger partial charge >= 0.3 is 0 Å². The Kier molecular flexibility index (Phi) is 4.73. The molecule has 1 N–H and O–H groups in total. The number of aliphatic hydroxyl groups excluding tert-OH is 1. The largest absolute Gasteiger partial charge is 0.497 e. The van der Waals surface area contributed by atoms with Crippen molar-refractivity contribution in [1.29, 1.82) is 0 Å². The molecule has 5 nitrogen and oxygen atoms in total. The number of benzene rings is 1. The van der Waals surface area contributed by atoms with Crippen molar-refractivity contribution >= 4 is 0 Å². The Labute approximate surface area is 191 Å². The third-order valence-electron chi connectivity index (χ3n) is 10.4. The molecule has 5 heteroatoms. The van der Waals surface area contributed by atoms with Crippen LogP contribution in [-0.2, 0) is 19.4 Å². The Hall–Kier alpha value is -1.88. The van der Waals surface area contributed by atoms with Crippen LogP contribution in [0, 0.1) is 34.5 Å². The molecule has 7 atom stereocenters. The average molecular weight is 436 g/mol. The molecule has 3 saturated carbocycles. The second kappa shape index (κ2) is 7.31. The van der Waals surface area contributed by atoms with Crippen LogP contribution >= 0.6 is 0 Å². The normalized spacial score (nSPS) is 40.2. The molecule has 6 rings (SSSR count). The fourth-order valence-electron chi connectivity index (χ4n) is 8.47. The fraction of sp³-hybridized carbons (Fsp3) is 0.704. The van der Waals surface area contributed by atoms with Gasteiger partial charge in [0.2, 0.25) is 0 Å². The Bertz CT molecular complexity index is 1000. The fourth-order valence-corrected chi connectivity index (χ4v) is 8.47. The minimum atomic E-state index is -0.0882. The van der Waals surface area contributed by atoms with Crippen LogP contribution in [0.25, 0.3) is 0 Å². The lowest BCUT2D eigenvalue weighted by molar-refractivity contribution is -0.111. The summed E-state index contributed by atoms with van der Waals surface area (Å²) in [5.41, 5.74) is 4.32. The number of aromatic nitrogens is 3. The number of hydrogen-bond acceptors (Lipinski definition) is 4.